The van der Waals surface area contributed by atoms with Crippen LogP contribution in [0.1, 0.15) is 36.1 Å². The van der Waals surface area contributed by atoms with Gasteiger partial charge in [-0.2, -0.15) is 0 Å². The normalized spacial score (nSPS) is 18.1. The second-order valence-corrected chi connectivity index (χ2v) is 7.86. The number of nitrogens with zero attached hydrogens (tertiary/aromatic N) is 1. The van der Waals surface area contributed by atoms with E-state index in [0.29, 0.717) is 25.5 Å². The highest BCUT2D eigenvalue weighted by atomic mass is 32.2. The van der Waals surface area contributed by atoms with E-state index in [1.165, 1.54) is 0 Å². The second kappa shape index (κ2) is 8.99. The van der Waals surface area contributed by atoms with Crippen LogP contribution in [0, 0.1) is 5.92 Å². The van der Waals surface area contributed by atoms with E-state index in [2.05, 4.69) is 0 Å². The van der Waals surface area contributed by atoms with E-state index >= 15 is 0 Å². The number of carbonyl (C=O) groups excluding carboxylic acids is 2. The van der Waals surface area contributed by atoms with Crippen LogP contribution in [0.5, 0.6) is 0 Å². The van der Waals surface area contributed by atoms with Crippen molar-refractivity contribution >= 4 is 22.7 Å². The molecule has 2 atom stereocenters. The second-order valence-electron chi connectivity index (χ2n) is 6.41. The van der Waals surface area contributed by atoms with Crippen molar-refractivity contribution in [2.45, 2.75) is 30.4 Å². The minimum Gasteiger partial charge on any atom is -0.466 e. The summed E-state index contributed by atoms with van der Waals surface area (Å²) in [6, 6.07) is 12.4. The quantitative estimate of drug-likeness (QED) is 0.710. The molecule has 3 rings (SSSR count). The van der Waals surface area contributed by atoms with E-state index in [9.17, 15) is 13.8 Å². The molecule has 1 amide bonds. The number of likely N-dealkylation sites (tertiary alicyclic amines) is 1. The fourth-order valence-corrected chi connectivity index (χ4v) is 4.17. The van der Waals surface area contributed by atoms with Crippen LogP contribution in [0.25, 0.3) is 0 Å². The van der Waals surface area contributed by atoms with Crippen molar-refractivity contribution < 1.29 is 23.0 Å². The van der Waals surface area contributed by atoms with Crippen molar-refractivity contribution in [3.8, 4) is 0 Å². The first-order valence-corrected chi connectivity index (χ1v) is 10.4. The van der Waals surface area contributed by atoms with Gasteiger partial charge in [-0.05, 0) is 44.0 Å². The molecular formula is C20H23NO5S. The third-order valence-electron chi connectivity index (χ3n) is 4.48. The standard InChI is InChI=1S/C20H23NO5S/c1-2-25-20(23)15-7-6-12-21(13-15)19(22)18-11-10-16(26-18)14-27(24)17-8-4-3-5-9-17/h3-5,8-11,15H,2,6-7,12-14H2,1H3/t15-,27+/m0/s1. The van der Waals surface area contributed by atoms with E-state index in [1.54, 1.807) is 36.1 Å². The molecular weight excluding hydrogens is 366 g/mol. The van der Waals surface area contributed by atoms with Crippen molar-refractivity contribution in [1.29, 1.82) is 0 Å². The first-order chi connectivity index (χ1) is 13.1. The third-order valence-corrected chi connectivity index (χ3v) is 5.83. The van der Waals surface area contributed by atoms with Gasteiger partial charge in [-0.3, -0.25) is 13.8 Å². The number of amides is 1. The van der Waals surface area contributed by atoms with Crippen LogP contribution in [0.3, 0.4) is 0 Å². The summed E-state index contributed by atoms with van der Waals surface area (Å²) in [5.41, 5.74) is 0. The number of hydrogen-bond acceptors (Lipinski definition) is 5. The van der Waals surface area contributed by atoms with Crippen molar-refractivity contribution in [3.63, 3.8) is 0 Å². The molecule has 0 N–H and O–H groups in total. The maximum Gasteiger partial charge on any atom is 0.310 e. The highest BCUT2D eigenvalue weighted by Gasteiger charge is 2.31. The average molecular weight is 389 g/mol. The van der Waals surface area contributed by atoms with Gasteiger partial charge in [0.25, 0.3) is 5.91 Å². The molecule has 0 unspecified atom stereocenters. The Morgan fingerprint density at radius 2 is 2.00 bits per heavy atom. The molecule has 0 bridgehead atoms. The Morgan fingerprint density at radius 3 is 2.74 bits per heavy atom. The van der Waals surface area contributed by atoms with E-state index < -0.39 is 10.8 Å². The maximum absolute atomic E-state index is 12.7. The van der Waals surface area contributed by atoms with Crippen molar-refractivity contribution in [2.75, 3.05) is 19.7 Å². The topological polar surface area (TPSA) is 76.8 Å². The Balaban J connectivity index is 1.62. The van der Waals surface area contributed by atoms with Gasteiger partial charge in [0.15, 0.2) is 5.76 Å². The van der Waals surface area contributed by atoms with Gasteiger partial charge in [0.1, 0.15) is 5.76 Å². The number of hydrogen-bond donors (Lipinski definition) is 0. The molecule has 144 valence electrons. The van der Waals surface area contributed by atoms with Gasteiger partial charge in [0.05, 0.1) is 29.1 Å². The molecule has 1 aliphatic rings. The lowest BCUT2D eigenvalue weighted by Gasteiger charge is -2.30. The number of ether oxygens (including phenoxy) is 1. The zero-order chi connectivity index (χ0) is 19.2. The summed E-state index contributed by atoms with van der Waals surface area (Å²) in [5.74, 6) is 0.124. The van der Waals surface area contributed by atoms with Gasteiger partial charge in [0.2, 0.25) is 0 Å². The van der Waals surface area contributed by atoms with Crippen molar-refractivity contribution in [3.05, 3.63) is 54.0 Å². The first-order valence-electron chi connectivity index (χ1n) is 9.06. The third kappa shape index (κ3) is 4.86. The number of benzene rings is 1. The Kier molecular flexibility index (Phi) is 6.45. The summed E-state index contributed by atoms with van der Waals surface area (Å²) in [6.07, 6.45) is 1.48. The van der Waals surface area contributed by atoms with Gasteiger partial charge < -0.3 is 14.1 Å². The largest absolute Gasteiger partial charge is 0.466 e. The molecule has 27 heavy (non-hydrogen) atoms. The number of esters is 1. The number of furan rings is 1. The summed E-state index contributed by atoms with van der Waals surface area (Å²) in [6.45, 7) is 3.03. The predicted molar refractivity (Wildman–Crippen MR) is 101 cm³/mol. The first kappa shape index (κ1) is 19.4. The molecule has 0 saturated carbocycles. The van der Waals surface area contributed by atoms with Gasteiger partial charge in [0, 0.05) is 18.0 Å². The fraction of sp³-hybridized carbons (Fsp3) is 0.400. The zero-order valence-corrected chi connectivity index (χ0v) is 16.1. The van der Waals surface area contributed by atoms with Gasteiger partial charge in [-0.15, -0.1) is 0 Å². The summed E-state index contributed by atoms with van der Waals surface area (Å²) in [7, 11) is -1.23. The average Bonchev–Trinajstić information content (AvgIpc) is 3.16. The van der Waals surface area contributed by atoms with Crippen LogP contribution in [0.2, 0.25) is 0 Å². The molecule has 0 spiro atoms. The Morgan fingerprint density at radius 1 is 1.22 bits per heavy atom. The van der Waals surface area contributed by atoms with Crippen LogP contribution in [-0.2, 0) is 26.1 Å². The summed E-state index contributed by atoms with van der Waals surface area (Å²) in [5, 5.41) is 0. The highest BCUT2D eigenvalue weighted by molar-refractivity contribution is 7.84. The van der Waals surface area contributed by atoms with Crippen LogP contribution in [0.4, 0.5) is 0 Å². The summed E-state index contributed by atoms with van der Waals surface area (Å²) in [4.78, 5) is 27.0. The highest BCUT2D eigenvalue weighted by Crippen LogP contribution is 2.21. The summed E-state index contributed by atoms with van der Waals surface area (Å²) >= 11 is 0. The Bertz CT molecular complexity index is 817. The predicted octanol–water partition coefficient (Wildman–Crippen LogP) is 3.00. The Hall–Kier alpha value is -2.41. The van der Waals surface area contributed by atoms with E-state index in [-0.39, 0.29) is 29.3 Å². The molecule has 7 heteroatoms. The summed E-state index contributed by atoms with van der Waals surface area (Å²) < 4.78 is 23.1. The molecule has 2 aromatic rings. The monoisotopic (exact) mass is 389 g/mol. The lowest BCUT2D eigenvalue weighted by molar-refractivity contribution is -0.149. The fourth-order valence-electron chi connectivity index (χ4n) is 3.13. The van der Waals surface area contributed by atoms with Gasteiger partial charge >= 0.3 is 5.97 Å². The SMILES string of the molecule is CCOC(=O)[C@H]1CCCN(C(=O)c2ccc(C[S@@](=O)c3ccccc3)o2)C1. The van der Waals surface area contributed by atoms with Crippen LogP contribution < -0.4 is 0 Å². The van der Waals surface area contributed by atoms with Gasteiger partial charge in [-0.1, -0.05) is 18.2 Å². The maximum atomic E-state index is 12.7. The van der Waals surface area contributed by atoms with Crippen LogP contribution >= 0.6 is 0 Å². The minimum absolute atomic E-state index is 0.208. The smallest absolute Gasteiger partial charge is 0.310 e. The number of piperidine rings is 1. The molecule has 1 aromatic carbocycles. The number of carbonyl (C=O) groups is 2. The lowest BCUT2D eigenvalue weighted by Crippen LogP contribution is -2.42. The molecule has 0 radical (unpaired) electrons. The molecule has 0 aliphatic carbocycles. The minimum atomic E-state index is -1.23. The van der Waals surface area contributed by atoms with Crippen LogP contribution in [0.15, 0.2) is 51.8 Å². The van der Waals surface area contributed by atoms with E-state index in [0.717, 1.165) is 17.7 Å². The molecule has 1 saturated heterocycles. The van der Waals surface area contributed by atoms with Crippen molar-refractivity contribution in [1.82, 2.24) is 4.90 Å². The zero-order valence-electron chi connectivity index (χ0n) is 15.3. The molecule has 2 heterocycles. The molecule has 1 fully saturated rings. The van der Waals surface area contributed by atoms with Crippen molar-refractivity contribution in [2.24, 2.45) is 5.92 Å². The van der Waals surface area contributed by atoms with Gasteiger partial charge in [-0.25, -0.2) is 0 Å². The Labute approximate surface area is 160 Å². The molecule has 6 nitrogen and oxygen atoms in total. The van der Waals surface area contributed by atoms with E-state index in [1.807, 2.05) is 18.2 Å². The number of rotatable bonds is 6. The van der Waals surface area contributed by atoms with E-state index in [4.69, 9.17) is 9.15 Å². The molecule has 1 aromatic heterocycles. The van der Waals surface area contributed by atoms with Crippen LogP contribution in [-0.4, -0.2) is 40.7 Å². The lowest BCUT2D eigenvalue weighted by atomic mass is 9.98. The molecule has 1 aliphatic heterocycles.